The number of benzene rings is 4. The van der Waals surface area contributed by atoms with Crippen LogP contribution in [0.4, 0.5) is 17.1 Å². The fourth-order valence-electron chi connectivity index (χ4n) is 3.58. The number of hydrogen-bond donors (Lipinski definition) is 0. The molecule has 4 heteroatoms. The van der Waals surface area contributed by atoms with Gasteiger partial charge in [-0.25, -0.2) is 8.42 Å². The Hall–Kier alpha value is -3.11. The highest BCUT2D eigenvalue weighted by Crippen LogP contribution is 2.47. The lowest BCUT2D eigenvalue weighted by atomic mass is 10.1. The zero-order chi connectivity index (χ0) is 17.7. The quantitative estimate of drug-likeness (QED) is 0.400. The molecule has 0 saturated heterocycles. The second kappa shape index (κ2) is 5.44. The van der Waals surface area contributed by atoms with Gasteiger partial charge in [-0.05, 0) is 47.2 Å². The van der Waals surface area contributed by atoms with E-state index in [1.807, 2.05) is 47.4 Å². The lowest BCUT2D eigenvalue weighted by molar-refractivity contribution is 0.595. The first kappa shape index (κ1) is 15.2. The predicted octanol–water partition coefficient (Wildman–Crippen LogP) is 5.46. The maximum atomic E-state index is 13.1. The van der Waals surface area contributed by atoms with Crippen LogP contribution in [-0.4, -0.2) is 8.42 Å². The van der Waals surface area contributed by atoms with Crippen LogP contribution in [0.5, 0.6) is 0 Å². The van der Waals surface area contributed by atoms with Crippen molar-refractivity contribution in [2.75, 3.05) is 4.90 Å². The summed E-state index contributed by atoms with van der Waals surface area (Å²) < 4.78 is 26.1. The van der Waals surface area contributed by atoms with Crippen LogP contribution in [0, 0.1) is 0 Å². The van der Waals surface area contributed by atoms with Gasteiger partial charge < -0.3 is 4.90 Å². The van der Waals surface area contributed by atoms with E-state index in [2.05, 4.69) is 24.3 Å². The van der Waals surface area contributed by atoms with Crippen LogP contribution in [0.25, 0.3) is 10.8 Å². The van der Waals surface area contributed by atoms with E-state index in [0.717, 1.165) is 16.5 Å². The van der Waals surface area contributed by atoms with Gasteiger partial charge in [0.2, 0.25) is 9.84 Å². The largest absolute Gasteiger partial charge is 0.308 e. The summed E-state index contributed by atoms with van der Waals surface area (Å²) >= 11 is 0. The smallest absolute Gasteiger partial charge is 0.210 e. The number of hydrogen-bond acceptors (Lipinski definition) is 3. The topological polar surface area (TPSA) is 37.4 Å². The van der Waals surface area contributed by atoms with Gasteiger partial charge in [0.1, 0.15) is 0 Å². The lowest BCUT2D eigenvalue weighted by Gasteiger charge is -2.33. The number of rotatable bonds is 1. The Kier molecular flexibility index (Phi) is 3.18. The Balaban J connectivity index is 1.84. The first-order valence-corrected chi connectivity index (χ1v) is 9.87. The van der Waals surface area contributed by atoms with E-state index >= 15 is 0 Å². The van der Waals surface area contributed by atoms with Crippen LogP contribution in [0.2, 0.25) is 0 Å². The minimum Gasteiger partial charge on any atom is -0.308 e. The fourth-order valence-corrected chi connectivity index (χ4v) is 5.20. The van der Waals surface area contributed by atoms with Gasteiger partial charge in [-0.3, -0.25) is 0 Å². The minimum absolute atomic E-state index is 0.340. The third-order valence-corrected chi connectivity index (χ3v) is 6.63. The molecule has 0 radical (unpaired) electrons. The van der Waals surface area contributed by atoms with Crippen molar-refractivity contribution in [2.45, 2.75) is 9.79 Å². The number of sulfone groups is 1. The van der Waals surface area contributed by atoms with E-state index in [0.29, 0.717) is 21.2 Å². The number of nitrogens with zero attached hydrogens (tertiary/aromatic N) is 1. The van der Waals surface area contributed by atoms with Crippen LogP contribution in [0.15, 0.2) is 101 Å². The molecule has 1 heterocycles. The molecule has 3 nitrogen and oxygen atoms in total. The van der Waals surface area contributed by atoms with E-state index in [1.54, 1.807) is 24.3 Å². The molecule has 4 aromatic carbocycles. The summed E-state index contributed by atoms with van der Waals surface area (Å²) in [4.78, 5) is 2.71. The Labute approximate surface area is 152 Å². The van der Waals surface area contributed by atoms with Crippen molar-refractivity contribution in [3.05, 3.63) is 91.0 Å². The highest BCUT2D eigenvalue weighted by atomic mass is 32.2. The molecule has 0 bridgehead atoms. The average molecular weight is 357 g/mol. The molecule has 0 saturated carbocycles. The molecular weight excluding hydrogens is 342 g/mol. The van der Waals surface area contributed by atoms with Crippen molar-refractivity contribution < 1.29 is 8.42 Å². The summed E-state index contributed by atoms with van der Waals surface area (Å²) in [5.74, 6) is 0. The second-order valence-corrected chi connectivity index (χ2v) is 8.19. The summed E-state index contributed by atoms with van der Waals surface area (Å²) in [6.45, 7) is 0. The SMILES string of the molecule is O=S1(=O)c2ccccc2N(c2ccc3ccccc3c2)c2ccccc21. The van der Waals surface area contributed by atoms with Crippen molar-refractivity contribution in [1.82, 2.24) is 0 Å². The van der Waals surface area contributed by atoms with Crippen LogP contribution in [0.3, 0.4) is 0 Å². The van der Waals surface area contributed by atoms with Gasteiger partial charge in [-0.1, -0.05) is 54.6 Å². The van der Waals surface area contributed by atoms with Crippen molar-refractivity contribution >= 4 is 37.7 Å². The predicted molar refractivity (Wildman–Crippen MR) is 104 cm³/mol. The molecule has 5 rings (SSSR count). The minimum atomic E-state index is -3.53. The summed E-state index contributed by atoms with van der Waals surface area (Å²) in [5, 5.41) is 2.27. The number of fused-ring (bicyclic) bond motifs is 3. The molecule has 0 unspecified atom stereocenters. The van der Waals surface area contributed by atoms with Crippen LogP contribution in [-0.2, 0) is 9.84 Å². The third-order valence-electron chi connectivity index (χ3n) is 4.78. The molecule has 126 valence electrons. The molecule has 0 amide bonds. The van der Waals surface area contributed by atoms with Gasteiger partial charge in [0.15, 0.2) is 0 Å². The highest BCUT2D eigenvalue weighted by molar-refractivity contribution is 7.92. The summed E-state index contributed by atoms with van der Waals surface area (Å²) in [6, 6.07) is 28.7. The summed E-state index contributed by atoms with van der Waals surface area (Å²) in [7, 11) is -3.53. The summed E-state index contributed by atoms with van der Waals surface area (Å²) in [6.07, 6.45) is 0. The van der Waals surface area contributed by atoms with E-state index in [4.69, 9.17) is 0 Å². The van der Waals surface area contributed by atoms with E-state index in [-0.39, 0.29) is 0 Å². The van der Waals surface area contributed by atoms with Crippen molar-refractivity contribution in [3.63, 3.8) is 0 Å². The molecule has 4 aromatic rings. The molecule has 0 aromatic heterocycles. The van der Waals surface area contributed by atoms with Gasteiger partial charge in [0.25, 0.3) is 0 Å². The second-order valence-electron chi connectivity index (χ2n) is 6.31. The zero-order valence-electron chi connectivity index (χ0n) is 13.8. The monoisotopic (exact) mass is 357 g/mol. The van der Waals surface area contributed by atoms with E-state index in [1.165, 1.54) is 0 Å². The maximum Gasteiger partial charge on any atom is 0.210 e. The Bertz CT molecular complexity index is 1210. The Morgan fingerprint density at radius 3 is 1.77 bits per heavy atom. The van der Waals surface area contributed by atoms with Gasteiger partial charge in [-0.2, -0.15) is 0 Å². The molecule has 0 fully saturated rings. The molecule has 0 N–H and O–H groups in total. The molecule has 0 atom stereocenters. The Morgan fingerprint density at radius 2 is 1.12 bits per heavy atom. The lowest BCUT2D eigenvalue weighted by Crippen LogP contribution is -2.21. The first-order valence-electron chi connectivity index (χ1n) is 8.38. The van der Waals surface area contributed by atoms with Gasteiger partial charge in [0.05, 0.1) is 21.2 Å². The van der Waals surface area contributed by atoms with Crippen LogP contribution in [0.1, 0.15) is 0 Å². The van der Waals surface area contributed by atoms with Crippen molar-refractivity contribution in [1.29, 1.82) is 0 Å². The van der Waals surface area contributed by atoms with Crippen LogP contribution >= 0.6 is 0 Å². The molecule has 0 aliphatic carbocycles. The molecule has 0 spiro atoms. The molecule has 1 aliphatic heterocycles. The zero-order valence-corrected chi connectivity index (χ0v) is 14.6. The Morgan fingerprint density at radius 1 is 0.577 bits per heavy atom. The fraction of sp³-hybridized carbons (Fsp3) is 0. The average Bonchev–Trinajstić information content (AvgIpc) is 2.68. The summed E-state index contributed by atoms with van der Waals surface area (Å²) in [5.41, 5.74) is 2.31. The normalized spacial score (nSPS) is 14.7. The first-order chi connectivity index (χ1) is 12.7. The maximum absolute atomic E-state index is 13.1. The van der Waals surface area contributed by atoms with Crippen LogP contribution < -0.4 is 4.90 Å². The third kappa shape index (κ3) is 2.09. The van der Waals surface area contributed by atoms with E-state index < -0.39 is 9.84 Å². The number of para-hydroxylation sites is 2. The van der Waals surface area contributed by atoms with Gasteiger partial charge in [-0.15, -0.1) is 0 Å². The molecular formula is C22H15NO2S. The van der Waals surface area contributed by atoms with E-state index in [9.17, 15) is 8.42 Å². The number of anilines is 3. The highest BCUT2D eigenvalue weighted by Gasteiger charge is 2.34. The van der Waals surface area contributed by atoms with Gasteiger partial charge >= 0.3 is 0 Å². The molecule has 26 heavy (non-hydrogen) atoms. The van der Waals surface area contributed by atoms with Crippen molar-refractivity contribution in [2.24, 2.45) is 0 Å². The van der Waals surface area contributed by atoms with Crippen molar-refractivity contribution in [3.8, 4) is 0 Å². The standard InChI is InChI=1S/C22H15NO2S/c24-26(25)21-11-5-3-9-19(21)23(20-10-4-6-12-22(20)26)18-14-13-16-7-1-2-8-17(16)15-18/h1-15H. The van der Waals surface area contributed by atoms with Gasteiger partial charge in [0, 0.05) is 5.69 Å². The molecule has 1 aliphatic rings.